The molecular formula is C18H16Cl2F3N3O2. The zero-order chi connectivity index (χ0) is 20.3. The lowest BCUT2D eigenvalue weighted by molar-refractivity contribution is -0.274. The summed E-state index contributed by atoms with van der Waals surface area (Å²) < 4.78 is 40.3. The van der Waals surface area contributed by atoms with Crippen molar-refractivity contribution in [3.8, 4) is 5.75 Å². The smallest absolute Gasteiger partial charge is 0.406 e. The number of ether oxygens (including phenoxy) is 1. The third kappa shape index (κ3) is 5.36. The van der Waals surface area contributed by atoms with E-state index in [1.807, 2.05) is 6.07 Å². The Kier molecular flexibility index (Phi) is 6.10. The third-order valence-electron chi connectivity index (χ3n) is 4.17. The predicted molar refractivity (Wildman–Crippen MR) is 102 cm³/mol. The molecule has 0 saturated carbocycles. The van der Waals surface area contributed by atoms with Crippen LogP contribution in [0.2, 0.25) is 10.0 Å². The number of halogens is 5. The molecule has 28 heavy (non-hydrogen) atoms. The van der Waals surface area contributed by atoms with E-state index in [0.29, 0.717) is 41.9 Å². The highest BCUT2D eigenvalue weighted by Gasteiger charge is 2.31. The number of benzene rings is 2. The number of amides is 2. The Morgan fingerprint density at radius 1 is 0.964 bits per heavy atom. The fraction of sp³-hybridized carbons (Fsp3) is 0.278. The number of carbonyl (C=O) groups excluding carboxylic acids is 1. The first kappa shape index (κ1) is 20.4. The van der Waals surface area contributed by atoms with Gasteiger partial charge < -0.3 is 19.9 Å². The second-order valence-electron chi connectivity index (χ2n) is 6.07. The molecule has 1 aliphatic rings. The zero-order valence-corrected chi connectivity index (χ0v) is 16.0. The number of carbonyl (C=O) groups is 1. The van der Waals surface area contributed by atoms with Gasteiger partial charge in [-0.2, -0.15) is 0 Å². The molecule has 5 nitrogen and oxygen atoms in total. The van der Waals surface area contributed by atoms with E-state index in [9.17, 15) is 18.0 Å². The molecule has 0 aliphatic carbocycles. The van der Waals surface area contributed by atoms with Crippen LogP contribution in [0.5, 0.6) is 5.75 Å². The number of hydrogen-bond acceptors (Lipinski definition) is 3. The van der Waals surface area contributed by atoms with E-state index in [1.165, 1.54) is 12.1 Å². The molecule has 0 bridgehead atoms. The van der Waals surface area contributed by atoms with Crippen LogP contribution >= 0.6 is 23.2 Å². The van der Waals surface area contributed by atoms with Gasteiger partial charge in [0.25, 0.3) is 0 Å². The Morgan fingerprint density at radius 3 is 2.18 bits per heavy atom. The van der Waals surface area contributed by atoms with E-state index in [1.54, 1.807) is 17.0 Å². The van der Waals surface area contributed by atoms with E-state index < -0.39 is 6.36 Å². The average Bonchev–Trinajstić information content (AvgIpc) is 2.64. The number of rotatable bonds is 3. The van der Waals surface area contributed by atoms with Gasteiger partial charge in [-0.25, -0.2) is 4.79 Å². The summed E-state index contributed by atoms with van der Waals surface area (Å²) in [5.41, 5.74) is 1.31. The summed E-state index contributed by atoms with van der Waals surface area (Å²) in [7, 11) is 0. The van der Waals surface area contributed by atoms with Crippen molar-refractivity contribution in [1.29, 1.82) is 0 Å². The summed E-state index contributed by atoms with van der Waals surface area (Å²) in [6.07, 6.45) is -4.75. The van der Waals surface area contributed by atoms with Crippen LogP contribution in [0.15, 0.2) is 42.5 Å². The fourth-order valence-electron chi connectivity index (χ4n) is 2.79. The van der Waals surface area contributed by atoms with Gasteiger partial charge >= 0.3 is 12.4 Å². The maximum absolute atomic E-state index is 12.4. The number of alkyl halides is 3. The number of piperazine rings is 1. The zero-order valence-electron chi connectivity index (χ0n) is 14.5. The molecule has 2 aromatic rings. The molecule has 0 spiro atoms. The molecule has 2 aromatic carbocycles. The van der Waals surface area contributed by atoms with Gasteiger partial charge in [-0.15, -0.1) is 13.2 Å². The van der Waals surface area contributed by atoms with Gasteiger partial charge in [0, 0.05) is 37.6 Å². The highest BCUT2D eigenvalue weighted by Crippen LogP contribution is 2.28. The number of anilines is 2. The van der Waals surface area contributed by atoms with Crippen LogP contribution < -0.4 is 15.0 Å². The first-order chi connectivity index (χ1) is 13.2. The van der Waals surface area contributed by atoms with Gasteiger partial charge in [0.2, 0.25) is 0 Å². The lowest BCUT2D eigenvalue weighted by Gasteiger charge is -2.36. The summed E-state index contributed by atoms with van der Waals surface area (Å²) in [5, 5.41) is 3.62. The van der Waals surface area contributed by atoms with Gasteiger partial charge in [0.1, 0.15) is 5.75 Å². The van der Waals surface area contributed by atoms with Crippen LogP contribution in [-0.2, 0) is 0 Å². The molecule has 1 N–H and O–H groups in total. The first-order valence-corrected chi connectivity index (χ1v) is 9.08. The number of urea groups is 1. The van der Waals surface area contributed by atoms with Crippen LogP contribution in [0.4, 0.5) is 29.3 Å². The molecule has 0 radical (unpaired) electrons. The van der Waals surface area contributed by atoms with E-state index >= 15 is 0 Å². The summed E-state index contributed by atoms with van der Waals surface area (Å²) in [4.78, 5) is 16.1. The first-order valence-electron chi connectivity index (χ1n) is 8.33. The summed E-state index contributed by atoms with van der Waals surface area (Å²) in [6, 6.07) is 10.0. The molecular weight excluding hydrogens is 418 g/mol. The largest absolute Gasteiger partial charge is 0.573 e. The quantitative estimate of drug-likeness (QED) is 0.718. The van der Waals surface area contributed by atoms with Crippen molar-refractivity contribution in [3.63, 3.8) is 0 Å². The van der Waals surface area contributed by atoms with E-state index in [-0.39, 0.29) is 11.8 Å². The topological polar surface area (TPSA) is 44.8 Å². The van der Waals surface area contributed by atoms with E-state index in [4.69, 9.17) is 23.2 Å². The third-order valence-corrected chi connectivity index (χ3v) is 4.91. The molecule has 0 atom stereocenters. The van der Waals surface area contributed by atoms with Crippen molar-refractivity contribution >= 4 is 40.6 Å². The Balaban J connectivity index is 1.53. The van der Waals surface area contributed by atoms with Crippen LogP contribution in [0.3, 0.4) is 0 Å². The molecule has 2 amide bonds. The van der Waals surface area contributed by atoms with Gasteiger partial charge in [0.05, 0.1) is 10.0 Å². The number of nitrogens with zero attached hydrogens (tertiary/aromatic N) is 2. The summed E-state index contributed by atoms with van der Waals surface area (Å²) in [6.45, 7) is 2.20. The number of nitrogens with one attached hydrogen (secondary N) is 1. The summed E-state index contributed by atoms with van der Waals surface area (Å²) >= 11 is 12.0. The average molecular weight is 434 g/mol. The Morgan fingerprint density at radius 2 is 1.61 bits per heavy atom. The molecule has 0 aromatic heterocycles. The highest BCUT2D eigenvalue weighted by molar-refractivity contribution is 6.42. The molecule has 1 saturated heterocycles. The lowest BCUT2D eigenvalue weighted by Crippen LogP contribution is -2.50. The van der Waals surface area contributed by atoms with Crippen LogP contribution in [-0.4, -0.2) is 43.5 Å². The SMILES string of the molecule is O=C(Nc1ccc(OC(F)(F)F)cc1)N1CCN(c2ccc(Cl)c(Cl)c2)CC1. The molecule has 1 heterocycles. The normalized spacial score (nSPS) is 14.8. The van der Waals surface area contributed by atoms with Crippen LogP contribution in [0.1, 0.15) is 0 Å². The minimum atomic E-state index is -4.75. The molecule has 10 heteroatoms. The minimum Gasteiger partial charge on any atom is -0.406 e. The predicted octanol–water partition coefficient (Wildman–Crippen LogP) is 5.25. The number of hydrogen-bond donors (Lipinski definition) is 1. The molecule has 150 valence electrons. The van der Waals surface area contributed by atoms with E-state index in [0.717, 1.165) is 17.8 Å². The van der Waals surface area contributed by atoms with Gasteiger partial charge in [-0.05, 0) is 42.5 Å². The standard InChI is InChI=1S/C18H16Cl2F3N3O2/c19-15-6-3-13(11-16(15)20)25-7-9-26(10-8-25)17(27)24-12-1-4-14(5-2-12)28-18(21,22)23/h1-6,11H,7-10H2,(H,24,27). The van der Waals surface area contributed by atoms with E-state index in [2.05, 4.69) is 15.0 Å². The Labute approximate surface area is 169 Å². The van der Waals surface area contributed by atoms with Crippen molar-refractivity contribution in [2.45, 2.75) is 6.36 Å². The molecule has 3 rings (SSSR count). The Hall–Kier alpha value is -2.32. The second kappa shape index (κ2) is 8.36. The van der Waals surface area contributed by atoms with Crippen molar-refractivity contribution in [2.75, 3.05) is 36.4 Å². The fourth-order valence-corrected chi connectivity index (χ4v) is 3.08. The minimum absolute atomic E-state index is 0.321. The maximum Gasteiger partial charge on any atom is 0.573 e. The molecule has 1 fully saturated rings. The Bertz CT molecular complexity index is 839. The molecule has 0 unspecified atom stereocenters. The lowest BCUT2D eigenvalue weighted by atomic mass is 10.2. The van der Waals surface area contributed by atoms with Crippen LogP contribution in [0, 0.1) is 0 Å². The maximum atomic E-state index is 12.4. The van der Waals surface area contributed by atoms with Crippen molar-refractivity contribution in [3.05, 3.63) is 52.5 Å². The molecule has 1 aliphatic heterocycles. The summed E-state index contributed by atoms with van der Waals surface area (Å²) in [5.74, 6) is -0.347. The van der Waals surface area contributed by atoms with Gasteiger partial charge in [0.15, 0.2) is 0 Å². The second-order valence-corrected chi connectivity index (χ2v) is 6.89. The van der Waals surface area contributed by atoms with Gasteiger partial charge in [-0.1, -0.05) is 23.2 Å². The highest BCUT2D eigenvalue weighted by atomic mass is 35.5. The van der Waals surface area contributed by atoms with Crippen molar-refractivity contribution in [1.82, 2.24) is 4.90 Å². The van der Waals surface area contributed by atoms with Gasteiger partial charge in [-0.3, -0.25) is 0 Å². The van der Waals surface area contributed by atoms with Crippen molar-refractivity contribution in [2.24, 2.45) is 0 Å². The monoisotopic (exact) mass is 433 g/mol. The van der Waals surface area contributed by atoms with Crippen LogP contribution in [0.25, 0.3) is 0 Å². The van der Waals surface area contributed by atoms with Crippen molar-refractivity contribution < 1.29 is 22.7 Å².